The molecule has 0 aliphatic carbocycles. The molecule has 2 heteroatoms. The number of rotatable bonds is 5. The van der Waals surface area contributed by atoms with Crippen LogP contribution >= 0.6 is 0 Å². The van der Waals surface area contributed by atoms with Crippen molar-refractivity contribution in [2.75, 3.05) is 20.6 Å². The molecule has 0 heterocycles. The Labute approximate surface area is 112 Å². The topological polar surface area (TPSA) is 29.3 Å². The van der Waals surface area contributed by atoms with Crippen molar-refractivity contribution in [3.63, 3.8) is 0 Å². The highest BCUT2D eigenvalue weighted by atomic mass is 15.1. The lowest BCUT2D eigenvalue weighted by molar-refractivity contribution is 0.128. The van der Waals surface area contributed by atoms with Gasteiger partial charge in [0.2, 0.25) is 0 Å². The van der Waals surface area contributed by atoms with Crippen molar-refractivity contribution in [2.24, 2.45) is 11.1 Å². The van der Waals surface area contributed by atoms with Crippen molar-refractivity contribution >= 4 is 0 Å². The van der Waals surface area contributed by atoms with Gasteiger partial charge in [-0.05, 0) is 57.5 Å². The van der Waals surface area contributed by atoms with Gasteiger partial charge < -0.3 is 10.6 Å². The summed E-state index contributed by atoms with van der Waals surface area (Å²) in [4.78, 5) is 2.31. The second-order valence-corrected chi connectivity index (χ2v) is 6.25. The Morgan fingerprint density at radius 3 is 2.28 bits per heavy atom. The second-order valence-electron chi connectivity index (χ2n) is 6.25. The normalized spacial score (nSPS) is 14.0. The smallest absolute Gasteiger partial charge is 0.0396 e. The maximum Gasteiger partial charge on any atom is 0.0396 e. The highest BCUT2D eigenvalue weighted by Crippen LogP contribution is 2.40. The summed E-state index contributed by atoms with van der Waals surface area (Å²) in [7, 11) is 4.31. The van der Waals surface area contributed by atoms with Crippen molar-refractivity contribution in [1.82, 2.24) is 4.90 Å². The van der Waals surface area contributed by atoms with Crippen LogP contribution < -0.4 is 5.73 Å². The van der Waals surface area contributed by atoms with Crippen LogP contribution in [-0.2, 0) is 0 Å². The molecule has 1 rings (SSSR count). The lowest BCUT2D eigenvalue weighted by atomic mass is 9.76. The number of hydrogen-bond donors (Lipinski definition) is 1. The third-order valence-electron chi connectivity index (χ3n) is 3.77. The zero-order chi connectivity index (χ0) is 13.9. The molecule has 1 unspecified atom stereocenters. The van der Waals surface area contributed by atoms with Gasteiger partial charge in [-0.25, -0.2) is 0 Å². The molecule has 1 aromatic carbocycles. The molecule has 0 fully saturated rings. The number of aryl methyl sites for hydroxylation is 2. The van der Waals surface area contributed by atoms with Gasteiger partial charge in [-0.15, -0.1) is 0 Å². The van der Waals surface area contributed by atoms with Crippen LogP contribution in [0.1, 0.15) is 43.0 Å². The quantitative estimate of drug-likeness (QED) is 0.866. The summed E-state index contributed by atoms with van der Waals surface area (Å²) < 4.78 is 0. The number of benzene rings is 1. The molecule has 0 radical (unpaired) electrons. The Balaban J connectivity index is 3.20. The summed E-state index contributed by atoms with van der Waals surface area (Å²) in [5.74, 6) is 0. The van der Waals surface area contributed by atoms with Crippen LogP contribution in [0.5, 0.6) is 0 Å². The van der Waals surface area contributed by atoms with Gasteiger partial charge in [0, 0.05) is 6.04 Å². The highest BCUT2D eigenvalue weighted by Gasteiger charge is 2.32. The van der Waals surface area contributed by atoms with Crippen LogP contribution in [0.4, 0.5) is 0 Å². The third-order valence-corrected chi connectivity index (χ3v) is 3.77. The van der Waals surface area contributed by atoms with Gasteiger partial charge in [0.25, 0.3) is 0 Å². The molecular formula is C16H28N2. The van der Waals surface area contributed by atoms with Crippen molar-refractivity contribution < 1.29 is 0 Å². The zero-order valence-corrected chi connectivity index (χ0v) is 12.7. The van der Waals surface area contributed by atoms with Crippen molar-refractivity contribution in [3.05, 3.63) is 34.9 Å². The van der Waals surface area contributed by atoms with E-state index in [9.17, 15) is 0 Å². The maximum atomic E-state index is 5.77. The molecule has 0 aromatic heterocycles. The molecule has 1 aromatic rings. The van der Waals surface area contributed by atoms with E-state index in [4.69, 9.17) is 5.73 Å². The second kappa shape index (κ2) is 5.85. The fourth-order valence-electron chi connectivity index (χ4n) is 3.04. The van der Waals surface area contributed by atoms with Gasteiger partial charge in [0.05, 0.1) is 0 Å². The van der Waals surface area contributed by atoms with E-state index < -0.39 is 0 Å². The zero-order valence-electron chi connectivity index (χ0n) is 12.7. The maximum absolute atomic E-state index is 5.77. The van der Waals surface area contributed by atoms with Crippen molar-refractivity contribution in [1.29, 1.82) is 0 Å². The van der Waals surface area contributed by atoms with E-state index in [0.29, 0.717) is 6.04 Å². The van der Waals surface area contributed by atoms with Gasteiger partial charge in [-0.3, -0.25) is 0 Å². The molecule has 18 heavy (non-hydrogen) atoms. The minimum atomic E-state index is 0.179. The van der Waals surface area contributed by atoms with Crippen molar-refractivity contribution in [3.8, 4) is 0 Å². The van der Waals surface area contributed by atoms with Crippen LogP contribution in [-0.4, -0.2) is 25.5 Å². The van der Waals surface area contributed by atoms with Gasteiger partial charge in [-0.2, -0.15) is 0 Å². The van der Waals surface area contributed by atoms with Gasteiger partial charge in [0.1, 0.15) is 0 Å². The summed E-state index contributed by atoms with van der Waals surface area (Å²) in [5, 5.41) is 0. The predicted molar refractivity (Wildman–Crippen MR) is 79.8 cm³/mol. The van der Waals surface area contributed by atoms with E-state index in [-0.39, 0.29) is 5.41 Å². The predicted octanol–water partition coefficient (Wildman–Crippen LogP) is 3.28. The lowest BCUT2D eigenvalue weighted by Crippen LogP contribution is -2.35. The summed E-state index contributed by atoms with van der Waals surface area (Å²) in [6.07, 6.45) is 1.03. The SMILES string of the molecule is Cc1ccc(C(N(C)C)C(C)(C)CCN)c(C)c1. The average molecular weight is 248 g/mol. The van der Waals surface area contributed by atoms with E-state index in [1.807, 2.05) is 0 Å². The first kappa shape index (κ1) is 15.2. The molecule has 2 nitrogen and oxygen atoms in total. The number of nitrogens with two attached hydrogens (primary N) is 1. The van der Waals surface area contributed by atoms with Gasteiger partial charge >= 0.3 is 0 Å². The Bertz CT molecular complexity index is 394. The average Bonchev–Trinajstić information content (AvgIpc) is 2.20. The highest BCUT2D eigenvalue weighted by molar-refractivity contribution is 5.33. The Kier molecular flexibility index (Phi) is 4.94. The molecule has 0 aliphatic rings. The third kappa shape index (κ3) is 3.33. The first-order valence-electron chi connectivity index (χ1n) is 6.73. The Hall–Kier alpha value is -0.860. The molecule has 0 amide bonds. The Morgan fingerprint density at radius 1 is 1.22 bits per heavy atom. The minimum Gasteiger partial charge on any atom is -0.330 e. The lowest BCUT2D eigenvalue weighted by Gasteiger charge is -2.40. The van der Waals surface area contributed by atoms with E-state index in [0.717, 1.165) is 13.0 Å². The molecule has 0 saturated heterocycles. The number of nitrogens with zero attached hydrogens (tertiary/aromatic N) is 1. The van der Waals surface area contributed by atoms with E-state index >= 15 is 0 Å². The number of hydrogen-bond acceptors (Lipinski definition) is 2. The van der Waals surface area contributed by atoms with Crippen LogP contribution in [0.3, 0.4) is 0 Å². The van der Waals surface area contributed by atoms with E-state index in [1.165, 1.54) is 16.7 Å². The summed E-state index contributed by atoms with van der Waals surface area (Å²) in [5.41, 5.74) is 10.1. The standard InChI is InChI=1S/C16H28N2/c1-12-7-8-14(13(2)11-12)15(18(5)6)16(3,4)9-10-17/h7-8,11,15H,9-10,17H2,1-6H3. The summed E-state index contributed by atoms with van der Waals surface area (Å²) >= 11 is 0. The van der Waals surface area contributed by atoms with Crippen LogP contribution in [0.25, 0.3) is 0 Å². The molecule has 2 N–H and O–H groups in total. The molecule has 102 valence electrons. The summed E-state index contributed by atoms with van der Waals surface area (Å²) in [6.45, 7) is 9.71. The van der Waals surface area contributed by atoms with E-state index in [2.05, 4.69) is 64.9 Å². The van der Waals surface area contributed by atoms with Crippen molar-refractivity contribution in [2.45, 2.75) is 40.2 Å². The Morgan fingerprint density at radius 2 is 1.83 bits per heavy atom. The molecule has 1 atom stereocenters. The molecule has 0 saturated carbocycles. The van der Waals surface area contributed by atoms with Crippen LogP contribution in [0, 0.1) is 19.3 Å². The van der Waals surface area contributed by atoms with Gasteiger partial charge in [-0.1, -0.05) is 37.6 Å². The summed E-state index contributed by atoms with van der Waals surface area (Å²) in [6, 6.07) is 7.15. The molecule has 0 spiro atoms. The molecular weight excluding hydrogens is 220 g/mol. The fraction of sp³-hybridized carbons (Fsp3) is 0.625. The van der Waals surface area contributed by atoms with Crippen LogP contribution in [0.2, 0.25) is 0 Å². The first-order valence-corrected chi connectivity index (χ1v) is 6.73. The monoisotopic (exact) mass is 248 g/mol. The van der Waals surface area contributed by atoms with Crippen LogP contribution in [0.15, 0.2) is 18.2 Å². The largest absolute Gasteiger partial charge is 0.330 e. The fourth-order valence-corrected chi connectivity index (χ4v) is 3.04. The first-order chi connectivity index (χ1) is 8.29. The van der Waals surface area contributed by atoms with Gasteiger partial charge in [0.15, 0.2) is 0 Å². The molecule has 0 aliphatic heterocycles. The van der Waals surface area contributed by atoms with E-state index in [1.54, 1.807) is 0 Å². The molecule has 0 bridgehead atoms. The minimum absolute atomic E-state index is 0.179.